The first kappa shape index (κ1) is 22.0. The summed E-state index contributed by atoms with van der Waals surface area (Å²) in [6, 6.07) is 10.8. The first-order valence-electron chi connectivity index (χ1n) is 10.1. The van der Waals surface area contributed by atoms with Crippen LogP contribution in [0.3, 0.4) is 0 Å². The molecule has 2 aliphatic rings. The molecule has 0 saturated carbocycles. The minimum atomic E-state index is 0. The predicted octanol–water partition coefficient (Wildman–Crippen LogP) is 3.15. The molecule has 0 aromatic heterocycles. The first-order chi connectivity index (χ1) is 12.8. The van der Waals surface area contributed by atoms with Crippen molar-refractivity contribution in [2.75, 3.05) is 39.3 Å². The van der Waals surface area contributed by atoms with Gasteiger partial charge in [-0.25, -0.2) is 0 Å². The summed E-state index contributed by atoms with van der Waals surface area (Å²) < 4.78 is 0. The molecule has 1 atom stereocenters. The molecule has 1 aromatic carbocycles. The van der Waals surface area contributed by atoms with E-state index >= 15 is 0 Å². The molecule has 0 bridgehead atoms. The largest absolute Gasteiger partial charge is 0.357 e. The summed E-state index contributed by atoms with van der Waals surface area (Å²) in [6.07, 6.45) is 5.06. The second kappa shape index (κ2) is 11.5. The fourth-order valence-electron chi connectivity index (χ4n) is 3.95. The van der Waals surface area contributed by atoms with E-state index in [0.717, 1.165) is 70.9 Å². The molecule has 1 amide bonds. The van der Waals surface area contributed by atoms with E-state index in [4.69, 9.17) is 4.99 Å². The average Bonchev–Trinajstić information content (AvgIpc) is 3.28. The van der Waals surface area contributed by atoms with E-state index in [1.807, 2.05) is 4.90 Å². The quantitative estimate of drug-likeness (QED) is 0.280. The van der Waals surface area contributed by atoms with Crippen LogP contribution < -0.4 is 5.32 Å². The number of carbonyl (C=O) groups is 1. The molecule has 1 N–H and O–H groups in total. The van der Waals surface area contributed by atoms with Gasteiger partial charge in [0, 0.05) is 45.7 Å². The van der Waals surface area contributed by atoms with Crippen LogP contribution in [0.2, 0.25) is 0 Å². The van der Waals surface area contributed by atoms with E-state index in [1.165, 1.54) is 12.0 Å². The third kappa shape index (κ3) is 6.66. The lowest BCUT2D eigenvalue weighted by Gasteiger charge is -2.22. The van der Waals surface area contributed by atoms with Crippen LogP contribution in [0.25, 0.3) is 0 Å². The van der Waals surface area contributed by atoms with Gasteiger partial charge in [-0.15, -0.1) is 24.0 Å². The van der Waals surface area contributed by atoms with E-state index in [1.54, 1.807) is 0 Å². The summed E-state index contributed by atoms with van der Waals surface area (Å²) in [7, 11) is 0. The average molecular weight is 484 g/mol. The third-order valence-corrected chi connectivity index (χ3v) is 5.31. The Bertz CT molecular complexity index is 607. The Hall–Kier alpha value is -1.31. The molecule has 1 aromatic rings. The van der Waals surface area contributed by atoms with Crippen LogP contribution in [0, 0.1) is 5.92 Å². The van der Waals surface area contributed by atoms with Crippen LogP contribution in [0.1, 0.15) is 38.2 Å². The van der Waals surface area contributed by atoms with Crippen molar-refractivity contribution < 1.29 is 4.79 Å². The van der Waals surface area contributed by atoms with Gasteiger partial charge < -0.3 is 15.1 Å². The Labute approximate surface area is 180 Å². The summed E-state index contributed by atoms with van der Waals surface area (Å²) in [5.41, 5.74) is 1.43. The highest BCUT2D eigenvalue weighted by Gasteiger charge is 2.25. The zero-order chi connectivity index (χ0) is 18.2. The number of benzene rings is 1. The molecule has 0 radical (unpaired) electrons. The monoisotopic (exact) mass is 484 g/mol. The Morgan fingerprint density at radius 3 is 2.78 bits per heavy atom. The lowest BCUT2D eigenvalue weighted by Crippen LogP contribution is -2.40. The fourth-order valence-corrected chi connectivity index (χ4v) is 3.95. The Kier molecular flexibility index (Phi) is 9.38. The molecule has 6 heteroatoms. The van der Waals surface area contributed by atoms with Crippen molar-refractivity contribution in [1.29, 1.82) is 0 Å². The Morgan fingerprint density at radius 1 is 1.26 bits per heavy atom. The van der Waals surface area contributed by atoms with Gasteiger partial charge in [-0.2, -0.15) is 0 Å². The number of nitrogens with one attached hydrogen (secondary N) is 1. The van der Waals surface area contributed by atoms with Crippen LogP contribution in [-0.4, -0.2) is 60.9 Å². The fraction of sp³-hybridized carbons (Fsp3) is 0.619. The minimum absolute atomic E-state index is 0. The molecule has 0 spiro atoms. The molecule has 3 rings (SSSR count). The van der Waals surface area contributed by atoms with Gasteiger partial charge in [-0.1, -0.05) is 30.3 Å². The normalized spacial score (nSPS) is 20.1. The predicted molar refractivity (Wildman–Crippen MR) is 122 cm³/mol. The van der Waals surface area contributed by atoms with Crippen LogP contribution >= 0.6 is 24.0 Å². The lowest BCUT2D eigenvalue weighted by atomic mass is 9.99. The van der Waals surface area contributed by atoms with Gasteiger partial charge in [0.2, 0.25) is 5.91 Å². The van der Waals surface area contributed by atoms with E-state index in [2.05, 4.69) is 47.5 Å². The molecule has 2 aliphatic heterocycles. The Morgan fingerprint density at radius 2 is 2.07 bits per heavy atom. The number of aliphatic imine (C=N–C) groups is 1. The molecule has 2 heterocycles. The number of guanidine groups is 1. The number of likely N-dealkylation sites (tertiary alicyclic amines) is 2. The molecule has 5 nitrogen and oxygen atoms in total. The summed E-state index contributed by atoms with van der Waals surface area (Å²) in [4.78, 5) is 20.9. The highest BCUT2D eigenvalue weighted by Crippen LogP contribution is 2.21. The van der Waals surface area contributed by atoms with E-state index in [-0.39, 0.29) is 24.0 Å². The maximum Gasteiger partial charge on any atom is 0.222 e. The number of hydrogen-bond donors (Lipinski definition) is 1. The van der Waals surface area contributed by atoms with Gasteiger partial charge >= 0.3 is 0 Å². The van der Waals surface area contributed by atoms with E-state index < -0.39 is 0 Å². The molecule has 1 unspecified atom stereocenters. The second-order valence-corrected chi connectivity index (χ2v) is 7.36. The number of amides is 1. The lowest BCUT2D eigenvalue weighted by molar-refractivity contribution is -0.127. The first-order valence-corrected chi connectivity index (χ1v) is 10.1. The van der Waals surface area contributed by atoms with Gasteiger partial charge in [0.25, 0.3) is 0 Å². The Balaban J connectivity index is 0.00000261. The number of hydrogen-bond acceptors (Lipinski definition) is 2. The molecule has 2 saturated heterocycles. The van der Waals surface area contributed by atoms with Gasteiger partial charge in [0.15, 0.2) is 5.96 Å². The van der Waals surface area contributed by atoms with Crippen molar-refractivity contribution in [3.8, 4) is 0 Å². The summed E-state index contributed by atoms with van der Waals surface area (Å²) >= 11 is 0. The van der Waals surface area contributed by atoms with Gasteiger partial charge in [-0.05, 0) is 44.1 Å². The van der Waals surface area contributed by atoms with E-state index in [0.29, 0.717) is 11.8 Å². The molecular weight excluding hydrogens is 451 g/mol. The summed E-state index contributed by atoms with van der Waals surface area (Å²) in [5, 5.41) is 3.44. The SMILES string of the molecule is CCNC(=NCCCN1CCCC1=O)N1CCC(Cc2ccccc2)C1.I. The third-order valence-electron chi connectivity index (χ3n) is 5.31. The molecule has 150 valence electrons. The van der Waals surface area contributed by atoms with Crippen LogP contribution in [-0.2, 0) is 11.2 Å². The topological polar surface area (TPSA) is 47.9 Å². The van der Waals surface area contributed by atoms with Gasteiger partial charge in [-0.3, -0.25) is 9.79 Å². The number of rotatable bonds is 7. The van der Waals surface area contributed by atoms with Gasteiger partial charge in [0.05, 0.1) is 0 Å². The molecule has 2 fully saturated rings. The standard InChI is InChI=1S/C21H32N4O.HI/c1-2-22-21(23-12-7-14-24-13-6-10-20(24)26)25-15-11-19(17-25)16-18-8-4-3-5-9-18;/h3-5,8-9,19H,2,6-7,10-17H2,1H3,(H,22,23);1H. The zero-order valence-corrected chi connectivity index (χ0v) is 18.7. The van der Waals surface area contributed by atoms with Crippen molar-refractivity contribution in [2.45, 2.75) is 39.0 Å². The van der Waals surface area contributed by atoms with Crippen molar-refractivity contribution in [3.63, 3.8) is 0 Å². The van der Waals surface area contributed by atoms with Crippen molar-refractivity contribution in [1.82, 2.24) is 15.1 Å². The summed E-state index contributed by atoms with van der Waals surface area (Å²) in [5.74, 6) is 2.04. The maximum absolute atomic E-state index is 11.7. The van der Waals surface area contributed by atoms with Crippen molar-refractivity contribution in [2.24, 2.45) is 10.9 Å². The van der Waals surface area contributed by atoms with Crippen molar-refractivity contribution >= 4 is 35.8 Å². The molecular formula is C21H33IN4O. The summed E-state index contributed by atoms with van der Waals surface area (Å²) in [6.45, 7) is 7.72. The van der Waals surface area contributed by atoms with Crippen LogP contribution in [0.5, 0.6) is 0 Å². The highest BCUT2D eigenvalue weighted by atomic mass is 127. The number of nitrogens with zero attached hydrogens (tertiary/aromatic N) is 3. The number of carbonyl (C=O) groups excluding carboxylic acids is 1. The van der Waals surface area contributed by atoms with Crippen LogP contribution in [0.4, 0.5) is 0 Å². The highest BCUT2D eigenvalue weighted by molar-refractivity contribution is 14.0. The number of halogens is 1. The second-order valence-electron chi connectivity index (χ2n) is 7.36. The van der Waals surface area contributed by atoms with Gasteiger partial charge in [0.1, 0.15) is 0 Å². The smallest absolute Gasteiger partial charge is 0.222 e. The minimum Gasteiger partial charge on any atom is -0.357 e. The van der Waals surface area contributed by atoms with E-state index in [9.17, 15) is 4.79 Å². The van der Waals surface area contributed by atoms with Crippen LogP contribution in [0.15, 0.2) is 35.3 Å². The molecule has 0 aliphatic carbocycles. The van der Waals surface area contributed by atoms with Crippen molar-refractivity contribution in [3.05, 3.63) is 35.9 Å². The zero-order valence-electron chi connectivity index (χ0n) is 16.4. The maximum atomic E-state index is 11.7. The molecule has 27 heavy (non-hydrogen) atoms.